The summed E-state index contributed by atoms with van der Waals surface area (Å²) in [6.07, 6.45) is 0. The van der Waals surface area contributed by atoms with E-state index in [1.165, 1.54) is 10.4 Å². The largest absolute Gasteiger partial charge is 0.478 e. The van der Waals surface area contributed by atoms with Crippen LogP contribution >= 0.6 is 0 Å². The van der Waals surface area contributed by atoms with E-state index in [9.17, 15) is 28.1 Å². The van der Waals surface area contributed by atoms with Crippen LogP contribution in [0, 0.1) is 24.0 Å². The number of Topliss-reactive ketones (excluding diaryl/α,β-unsaturated/α-hetero) is 1. The van der Waals surface area contributed by atoms with Crippen LogP contribution in [0.25, 0.3) is 0 Å². The summed E-state index contributed by atoms with van der Waals surface area (Å²) in [6, 6.07) is 3.26. The van der Waals surface area contributed by atoms with Crippen LogP contribution in [-0.4, -0.2) is 60.7 Å². The van der Waals surface area contributed by atoms with Crippen molar-refractivity contribution in [3.05, 3.63) is 50.8 Å². The van der Waals surface area contributed by atoms with Crippen molar-refractivity contribution in [3.8, 4) is 5.75 Å². The average molecular weight is 482 g/mol. The van der Waals surface area contributed by atoms with Gasteiger partial charge in [-0.05, 0) is 38.5 Å². The van der Waals surface area contributed by atoms with Gasteiger partial charge in [-0.1, -0.05) is 13.8 Å². The molecule has 2 rings (SSSR count). The van der Waals surface area contributed by atoms with Crippen molar-refractivity contribution in [3.63, 3.8) is 0 Å². The molecule has 33 heavy (non-hydrogen) atoms. The fourth-order valence-electron chi connectivity index (χ4n) is 3.39. The number of rotatable bonds is 11. The number of sulfonamides is 1. The number of esters is 1. The summed E-state index contributed by atoms with van der Waals surface area (Å²) in [6.45, 7) is 8.23. The molecular weight excluding hydrogens is 454 g/mol. The molecule has 0 atom stereocenters. The van der Waals surface area contributed by atoms with Crippen LogP contribution in [0.5, 0.6) is 5.75 Å². The van der Waals surface area contributed by atoms with Gasteiger partial charge < -0.3 is 14.5 Å². The van der Waals surface area contributed by atoms with Gasteiger partial charge in [-0.25, -0.2) is 13.2 Å². The lowest BCUT2D eigenvalue weighted by Crippen LogP contribution is -2.30. The molecule has 180 valence electrons. The number of nitrogens with one attached hydrogen (secondary N) is 1. The maximum Gasteiger partial charge on any atom is 0.340 e. The van der Waals surface area contributed by atoms with Crippen LogP contribution in [0.3, 0.4) is 0 Å². The zero-order chi connectivity index (χ0) is 24.9. The van der Waals surface area contributed by atoms with Crippen LogP contribution in [0.4, 0.5) is 5.69 Å². The van der Waals surface area contributed by atoms with Crippen molar-refractivity contribution >= 4 is 27.5 Å². The van der Waals surface area contributed by atoms with Gasteiger partial charge in [-0.15, -0.1) is 0 Å². The summed E-state index contributed by atoms with van der Waals surface area (Å²) in [5.74, 6) is -1.36. The van der Waals surface area contributed by atoms with Crippen molar-refractivity contribution in [2.75, 3.05) is 26.3 Å². The van der Waals surface area contributed by atoms with Crippen LogP contribution in [-0.2, 0) is 14.8 Å². The molecule has 0 amide bonds. The van der Waals surface area contributed by atoms with Crippen LogP contribution in [0.1, 0.15) is 52.9 Å². The summed E-state index contributed by atoms with van der Waals surface area (Å²) in [5, 5.41) is 11.5. The number of H-pyrrole nitrogens is 1. The van der Waals surface area contributed by atoms with Crippen molar-refractivity contribution < 1.29 is 32.4 Å². The second kappa shape index (κ2) is 10.6. The smallest absolute Gasteiger partial charge is 0.340 e. The van der Waals surface area contributed by atoms with Gasteiger partial charge in [0.05, 0.1) is 27.7 Å². The first kappa shape index (κ1) is 26.0. The van der Waals surface area contributed by atoms with E-state index in [1.807, 2.05) is 0 Å². The van der Waals surface area contributed by atoms with Crippen molar-refractivity contribution in [2.24, 2.45) is 0 Å². The standard InChI is InChI=1S/C21H27N3O8S/c1-6-23(7-2)33(29,30)15-9-10-18(16(11-15)24(27)28)32-12-17(25)20-13(4)19(14(5)22-20)21(26)31-8-3/h9-11,22H,6-8,12H2,1-5H3. The highest BCUT2D eigenvalue weighted by Crippen LogP contribution is 2.31. The third-order valence-electron chi connectivity index (χ3n) is 5.02. The Hall–Kier alpha value is -3.25. The first-order valence-electron chi connectivity index (χ1n) is 10.3. The molecule has 0 fully saturated rings. The molecule has 1 heterocycles. The minimum Gasteiger partial charge on any atom is -0.478 e. The summed E-state index contributed by atoms with van der Waals surface area (Å²) in [4.78, 5) is 38.1. The summed E-state index contributed by atoms with van der Waals surface area (Å²) in [7, 11) is -3.91. The first-order chi connectivity index (χ1) is 15.5. The third kappa shape index (κ3) is 5.40. The Bertz CT molecular complexity index is 1170. The molecule has 0 aliphatic carbocycles. The number of carbonyl (C=O) groups is 2. The van der Waals surface area contributed by atoms with Gasteiger partial charge >= 0.3 is 11.7 Å². The number of hydrogen-bond donors (Lipinski definition) is 1. The molecule has 0 unspecified atom stereocenters. The molecule has 0 aliphatic rings. The number of hydrogen-bond acceptors (Lipinski definition) is 8. The molecule has 0 saturated heterocycles. The number of aryl methyl sites for hydroxylation is 1. The van der Waals surface area contributed by atoms with E-state index >= 15 is 0 Å². The number of benzene rings is 1. The Morgan fingerprint density at radius 1 is 1.15 bits per heavy atom. The summed E-state index contributed by atoms with van der Waals surface area (Å²) in [5.41, 5.74) is 0.625. The number of aromatic amines is 1. The molecule has 1 N–H and O–H groups in total. The van der Waals surface area contributed by atoms with Gasteiger partial charge in [0.1, 0.15) is 0 Å². The molecule has 0 saturated carbocycles. The Morgan fingerprint density at radius 3 is 2.33 bits per heavy atom. The molecule has 0 spiro atoms. The average Bonchev–Trinajstić information content (AvgIpc) is 3.06. The Labute approximate surface area is 191 Å². The van der Waals surface area contributed by atoms with E-state index in [4.69, 9.17) is 9.47 Å². The summed E-state index contributed by atoms with van der Waals surface area (Å²) < 4.78 is 36.9. The van der Waals surface area contributed by atoms with E-state index in [2.05, 4.69) is 4.98 Å². The van der Waals surface area contributed by atoms with Crippen molar-refractivity contribution in [1.82, 2.24) is 9.29 Å². The minimum atomic E-state index is -3.91. The fraction of sp³-hybridized carbons (Fsp3) is 0.429. The van der Waals surface area contributed by atoms with E-state index in [1.54, 1.807) is 34.6 Å². The van der Waals surface area contributed by atoms with Gasteiger partial charge in [0.15, 0.2) is 12.4 Å². The van der Waals surface area contributed by atoms with Gasteiger partial charge in [0.2, 0.25) is 15.8 Å². The zero-order valence-corrected chi connectivity index (χ0v) is 19.9. The summed E-state index contributed by atoms with van der Waals surface area (Å²) >= 11 is 0. The zero-order valence-electron chi connectivity index (χ0n) is 19.1. The topological polar surface area (TPSA) is 149 Å². The predicted molar refractivity (Wildman–Crippen MR) is 119 cm³/mol. The van der Waals surface area contributed by atoms with E-state index in [0.29, 0.717) is 11.3 Å². The number of nitro benzene ring substituents is 1. The SMILES string of the molecule is CCOC(=O)c1c(C)[nH]c(C(=O)COc2ccc(S(=O)(=O)N(CC)CC)cc2[N+](=O)[O-])c1C. The highest BCUT2D eigenvalue weighted by Gasteiger charge is 2.27. The molecule has 0 bridgehead atoms. The highest BCUT2D eigenvalue weighted by molar-refractivity contribution is 7.89. The molecule has 1 aromatic carbocycles. The molecule has 12 heteroatoms. The lowest BCUT2D eigenvalue weighted by Gasteiger charge is -2.18. The minimum absolute atomic E-state index is 0.124. The Kier molecular flexibility index (Phi) is 8.34. The first-order valence-corrected chi connectivity index (χ1v) is 11.7. The number of carbonyl (C=O) groups excluding carboxylic acids is 2. The van der Waals surface area contributed by atoms with Crippen molar-refractivity contribution in [1.29, 1.82) is 0 Å². The predicted octanol–water partition coefficient (Wildman–Crippen LogP) is 3.01. The molecule has 0 aliphatic heterocycles. The quantitative estimate of drug-likeness (QED) is 0.223. The Balaban J connectivity index is 2.30. The van der Waals surface area contributed by atoms with Gasteiger partial charge in [-0.2, -0.15) is 4.31 Å². The van der Waals surface area contributed by atoms with Crippen LogP contribution in [0.2, 0.25) is 0 Å². The molecule has 2 aromatic rings. The number of nitrogens with zero attached hydrogens (tertiary/aromatic N) is 2. The highest BCUT2D eigenvalue weighted by atomic mass is 32.2. The Morgan fingerprint density at radius 2 is 1.79 bits per heavy atom. The normalized spacial score (nSPS) is 11.5. The fourth-order valence-corrected chi connectivity index (χ4v) is 4.87. The third-order valence-corrected chi connectivity index (χ3v) is 7.07. The number of ether oxygens (including phenoxy) is 2. The molecule has 11 nitrogen and oxygen atoms in total. The van der Waals surface area contributed by atoms with Crippen LogP contribution < -0.4 is 4.74 Å². The lowest BCUT2D eigenvalue weighted by molar-refractivity contribution is -0.386. The van der Waals surface area contributed by atoms with Gasteiger partial charge in [0.25, 0.3) is 0 Å². The van der Waals surface area contributed by atoms with Crippen LogP contribution in [0.15, 0.2) is 23.1 Å². The lowest BCUT2D eigenvalue weighted by atomic mass is 10.1. The van der Waals surface area contributed by atoms with Gasteiger partial charge in [0, 0.05) is 24.8 Å². The van der Waals surface area contributed by atoms with Crippen molar-refractivity contribution in [2.45, 2.75) is 39.5 Å². The van der Waals surface area contributed by atoms with E-state index in [-0.39, 0.29) is 41.6 Å². The molecule has 0 radical (unpaired) electrons. The second-order valence-electron chi connectivity index (χ2n) is 7.03. The maximum atomic E-state index is 12.7. The second-order valence-corrected chi connectivity index (χ2v) is 8.97. The number of nitro groups is 1. The van der Waals surface area contributed by atoms with E-state index in [0.717, 1.165) is 12.1 Å². The number of ketones is 1. The van der Waals surface area contributed by atoms with Gasteiger partial charge in [-0.3, -0.25) is 14.9 Å². The molecule has 1 aromatic heterocycles. The maximum absolute atomic E-state index is 12.7. The monoisotopic (exact) mass is 481 g/mol. The number of aromatic nitrogens is 1. The molecular formula is C21H27N3O8S. The van der Waals surface area contributed by atoms with E-state index < -0.39 is 39.0 Å².